The number of hydrogen-bond donors (Lipinski definition) is 2. The predicted molar refractivity (Wildman–Crippen MR) is 132 cm³/mol. The minimum atomic E-state index is -0.426. The van der Waals surface area contributed by atoms with Gasteiger partial charge in [-0.1, -0.05) is 32.8 Å². The molecular formula is C28H39N3O3. The quantitative estimate of drug-likeness (QED) is 0.647. The summed E-state index contributed by atoms with van der Waals surface area (Å²) < 4.78 is 6.52. The van der Waals surface area contributed by atoms with Crippen molar-refractivity contribution < 1.29 is 14.3 Å². The van der Waals surface area contributed by atoms with Crippen molar-refractivity contribution in [2.24, 2.45) is 11.8 Å². The zero-order valence-corrected chi connectivity index (χ0v) is 20.5. The topological polar surface area (TPSA) is 70.7 Å². The second-order valence-electron chi connectivity index (χ2n) is 11.0. The fraction of sp³-hybridized carbons (Fsp3) is 0.643. The number of piperidine rings is 1. The van der Waals surface area contributed by atoms with E-state index < -0.39 is 6.04 Å². The summed E-state index contributed by atoms with van der Waals surface area (Å²) in [7, 11) is 0. The van der Waals surface area contributed by atoms with E-state index in [4.69, 9.17) is 4.74 Å². The lowest BCUT2D eigenvalue weighted by molar-refractivity contribution is -0.126. The molecule has 0 aromatic heterocycles. The molecule has 0 spiro atoms. The van der Waals surface area contributed by atoms with Crippen LogP contribution in [0.3, 0.4) is 0 Å². The zero-order chi connectivity index (χ0) is 23.7. The number of amides is 2. The zero-order valence-electron chi connectivity index (χ0n) is 20.5. The van der Waals surface area contributed by atoms with Crippen LogP contribution in [-0.2, 0) is 11.3 Å². The van der Waals surface area contributed by atoms with Gasteiger partial charge < -0.3 is 20.3 Å². The van der Waals surface area contributed by atoms with E-state index in [1.165, 1.54) is 38.5 Å². The smallest absolute Gasteiger partial charge is 0.255 e. The second-order valence-corrected chi connectivity index (χ2v) is 11.0. The molecule has 4 aliphatic rings. The molecule has 184 valence electrons. The summed E-state index contributed by atoms with van der Waals surface area (Å²) in [5.74, 6) is 2.33. The van der Waals surface area contributed by atoms with Crippen molar-refractivity contribution >= 4 is 11.8 Å². The van der Waals surface area contributed by atoms with Crippen LogP contribution in [0.15, 0.2) is 30.5 Å². The first-order chi connectivity index (χ1) is 16.5. The van der Waals surface area contributed by atoms with Crippen molar-refractivity contribution in [1.82, 2.24) is 15.5 Å². The highest BCUT2D eigenvalue weighted by atomic mass is 16.5. The van der Waals surface area contributed by atoms with E-state index in [2.05, 4.69) is 24.1 Å². The van der Waals surface area contributed by atoms with E-state index in [9.17, 15) is 9.59 Å². The van der Waals surface area contributed by atoms with Crippen LogP contribution < -0.4 is 15.4 Å². The molecule has 34 heavy (non-hydrogen) atoms. The SMILES string of the molecule is C=C1CCC(N2Cc3cc(O[C@H]4CCCC[C@H]4NCC4CCC(C)CC4)ccc3C2=O)C(=O)N1. The Bertz CT molecular complexity index is 937. The van der Waals surface area contributed by atoms with Gasteiger partial charge in [-0.2, -0.15) is 0 Å². The molecule has 0 radical (unpaired) electrons. The van der Waals surface area contributed by atoms with Gasteiger partial charge in [-0.25, -0.2) is 0 Å². The summed E-state index contributed by atoms with van der Waals surface area (Å²) in [5, 5.41) is 6.66. The number of ether oxygens (including phenoxy) is 1. The molecule has 2 heterocycles. The highest BCUT2D eigenvalue weighted by Crippen LogP contribution is 2.33. The van der Waals surface area contributed by atoms with Crippen molar-refractivity contribution in [1.29, 1.82) is 0 Å². The molecule has 1 unspecified atom stereocenters. The maximum absolute atomic E-state index is 13.0. The Balaban J connectivity index is 1.21. The average molecular weight is 466 g/mol. The van der Waals surface area contributed by atoms with E-state index in [1.807, 2.05) is 18.2 Å². The van der Waals surface area contributed by atoms with E-state index in [-0.39, 0.29) is 17.9 Å². The summed E-state index contributed by atoms with van der Waals surface area (Å²) in [6.07, 6.45) is 11.6. The largest absolute Gasteiger partial charge is 0.489 e. The number of nitrogens with one attached hydrogen (secondary N) is 2. The van der Waals surface area contributed by atoms with Crippen LogP contribution in [0.1, 0.15) is 87.1 Å². The third kappa shape index (κ3) is 5.02. The molecule has 6 heteroatoms. The minimum Gasteiger partial charge on any atom is -0.489 e. The molecule has 2 aliphatic carbocycles. The Hall–Kier alpha value is -2.34. The lowest BCUT2D eigenvalue weighted by Crippen LogP contribution is -2.49. The van der Waals surface area contributed by atoms with Gasteiger partial charge in [-0.05, 0) is 87.1 Å². The van der Waals surface area contributed by atoms with Gasteiger partial charge in [0.05, 0.1) is 0 Å². The Morgan fingerprint density at radius 1 is 1.09 bits per heavy atom. The number of carbonyl (C=O) groups is 2. The van der Waals surface area contributed by atoms with Crippen LogP contribution in [0.5, 0.6) is 5.75 Å². The summed E-state index contributed by atoms with van der Waals surface area (Å²) >= 11 is 0. The second kappa shape index (κ2) is 10.1. The van der Waals surface area contributed by atoms with Crippen LogP contribution in [-0.4, -0.2) is 41.4 Å². The van der Waals surface area contributed by atoms with Crippen LogP contribution in [0.2, 0.25) is 0 Å². The van der Waals surface area contributed by atoms with Gasteiger partial charge in [0.1, 0.15) is 17.9 Å². The summed E-state index contributed by atoms with van der Waals surface area (Å²) in [4.78, 5) is 27.2. The molecule has 2 N–H and O–H groups in total. The van der Waals surface area contributed by atoms with Crippen LogP contribution in [0, 0.1) is 11.8 Å². The number of rotatable bonds is 6. The third-order valence-corrected chi connectivity index (χ3v) is 8.40. The van der Waals surface area contributed by atoms with Gasteiger partial charge in [0.2, 0.25) is 5.91 Å². The fourth-order valence-electron chi connectivity index (χ4n) is 6.20. The maximum Gasteiger partial charge on any atom is 0.255 e. The molecule has 2 aliphatic heterocycles. The fourth-order valence-corrected chi connectivity index (χ4v) is 6.20. The Labute approximate surface area is 203 Å². The van der Waals surface area contributed by atoms with E-state index in [0.717, 1.165) is 48.2 Å². The number of nitrogens with zero attached hydrogens (tertiary/aromatic N) is 1. The van der Waals surface area contributed by atoms with Crippen LogP contribution in [0.25, 0.3) is 0 Å². The molecule has 2 amide bonds. The molecule has 3 atom stereocenters. The molecular weight excluding hydrogens is 426 g/mol. The van der Waals surface area contributed by atoms with Crippen LogP contribution in [0.4, 0.5) is 0 Å². The Morgan fingerprint density at radius 2 is 1.88 bits per heavy atom. The van der Waals surface area contributed by atoms with Crippen molar-refractivity contribution in [2.75, 3.05) is 6.54 Å². The highest BCUT2D eigenvalue weighted by Gasteiger charge is 2.38. The Morgan fingerprint density at radius 3 is 2.68 bits per heavy atom. The van der Waals surface area contributed by atoms with Gasteiger partial charge in [0.15, 0.2) is 0 Å². The predicted octanol–water partition coefficient (Wildman–Crippen LogP) is 4.54. The number of fused-ring (bicyclic) bond motifs is 1. The summed E-state index contributed by atoms with van der Waals surface area (Å²) in [6, 6.07) is 5.78. The lowest BCUT2D eigenvalue weighted by atomic mass is 9.82. The van der Waals surface area contributed by atoms with Crippen molar-refractivity contribution in [3.05, 3.63) is 41.6 Å². The molecule has 2 saturated carbocycles. The van der Waals surface area contributed by atoms with Gasteiger partial charge in [0, 0.05) is 23.8 Å². The monoisotopic (exact) mass is 465 g/mol. The number of allylic oxidation sites excluding steroid dienone is 1. The van der Waals surface area contributed by atoms with Crippen molar-refractivity contribution in [3.63, 3.8) is 0 Å². The lowest BCUT2D eigenvalue weighted by Gasteiger charge is -2.35. The minimum absolute atomic E-state index is 0.0618. The van der Waals surface area contributed by atoms with E-state index in [0.29, 0.717) is 31.0 Å². The van der Waals surface area contributed by atoms with Gasteiger partial charge in [0.25, 0.3) is 5.91 Å². The van der Waals surface area contributed by atoms with Gasteiger partial charge in [-0.3, -0.25) is 9.59 Å². The molecule has 3 fully saturated rings. The van der Waals surface area contributed by atoms with Crippen LogP contribution >= 0.6 is 0 Å². The maximum atomic E-state index is 13.0. The van der Waals surface area contributed by atoms with Gasteiger partial charge in [-0.15, -0.1) is 0 Å². The first kappa shape index (κ1) is 23.4. The number of hydrogen-bond acceptors (Lipinski definition) is 4. The van der Waals surface area contributed by atoms with E-state index >= 15 is 0 Å². The third-order valence-electron chi connectivity index (χ3n) is 8.40. The number of benzene rings is 1. The summed E-state index contributed by atoms with van der Waals surface area (Å²) in [6.45, 7) is 7.78. The van der Waals surface area contributed by atoms with Gasteiger partial charge >= 0.3 is 0 Å². The standard InChI is InChI=1S/C28H39N3O3/c1-18-7-10-20(11-8-18)16-29-24-5-3-4-6-26(24)34-22-12-13-23-21(15-22)17-31(28(23)33)25-14-9-19(2)30-27(25)32/h12-13,15,18,20,24-26,29H,2-11,14,16-17H2,1H3,(H,30,32)/t18?,20?,24-,25?,26+/m1/s1. The first-order valence-electron chi connectivity index (χ1n) is 13.3. The molecule has 0 bridgehead atoms. The number of carbonyl (C=O) groups excluding carboxylic acids is 2. The molecule has 1 saturated heterocycles. The molecule has 5 rings (SSSR count). The van der Waals surface area contributed by atoms with E-state index in [1.54, 1.807) is 4.90 Å². The first-order valence-corrected chi connectivity index (χ1v) is 13.3. The average Bonchev–Trinajstić information content (AvgIpc) is 3.15. The molecule has 1 aromatic carbocycles. The normalized spacial score (nSPS) is 31.9. The van der Waals surface area contributed by atoms with Crippen molar-refractivity contribution in [2.45, 2.75) is 95.9 Å². The van der Waals surface area contributed by atoms with Crippen molar-refractivity contribution in [3.8, 4) is 5.75 Å². The highest BCUT2D eigenvalue weighted by molar-refractivity contribution is 6.01. The molecule has 6 nitrogen and oxygen atoms in total. The Kier molecular flexibility index (Phi) is 6.96. The molecule has 1 aromatic rings. The summed E-state index contributed by atoms with van der Waals surface area (Å²) in [5.41, 5.74) is 2.38.